The van der Waals surface area contributed by atoms with Gasteiger partial charge in [0, 0.05) is 19.3 Å². The maximum absolute atomic E-state index is 12.5. The van der Waals surface area contributed by atoms with Gasteiger partial charge in [0.2, 0.25) is 0 Å². The summed E-state index contributed by atoms with van der Waals surface area (Å²) >= 11 is 0. The molecule has 1 rings (SSSR count). The summed E-state index contributed by atoms with van der Waals surface area (Å²) in [7, 11) is 1.20. The van der Waals surface area contributed by atoms with Crippen LogP contribution in [-0.2, 0) is 35.0 Å². The minimum Gasteiger partial charge on any atom is -0.468 e. The molecule has 0 saturated heterocycles. The molecule has 11 nitrogen and oxygen atoms in total. The van der Waals surface area contributed by atoms with Gasteiger partial charge in [-0.15, -0.1) is 0 Å². The lowest BCUT2D eigenvalue weighted by Crippen LogP contribution is -2.51. The number of ether oxygens (including phenoxy) is 6. The lowest BCUT2D eigenvalue weighted by atomic mass is 9.88. The van der Waals surface area contributed by atoms with E-state index in [0.29, 0.717) is 18.4 Å². The van der Waals surface area contributed by atoms with Crippen molar-refractivity contribution in [2.24, 2.45) is 5.73 Å². The van der Waals surface area contributed by atoms with Gasteiger partial charge in [-0.05, 0) is 30.5 Å². The zero-order valence-electron chi connectivity index (χ0n) is 22.9. The number of carbonyl (C=O) groups excluding carboxylic acids is 4. The van der Waals surface area contributed by atoms with Crippen LogP contribution >= 0.6 is 0 Å². The number of hydrogen-bond donors (Lipinski definition) is 1. The molecule has 1 aromatic carbocycles. The highest BCUT2D eigenvalue weighted by Crippen LogP contribution is 2.31. The molecule has 1 atom stereocenters. The molecule has 0 radical (unpaired) electrons. The van der Waals surface area contributed by atoms with E-state index in [1.165, 1.54) is 19.2 Å². The first-order valence-electron chi connectivity index (χ1n) is 13.0. The molecule has 0 bridgehead atoms. The zero-order valence-corrected chi connectivity index (χ0v) is 22.9. The molecule has 0 aliphatic carbocycles. The molecular weight excluding hydrogens is 498 g/mol. The highest BCUT2D eigenvalue weighted by Gasteiger charge is 2.36. The maximum atomic E-state index is 12.5. The molecule has 38 heavy (non-hydrogen) atoms. The largest absolute Gasteiger partial charge is 0.513 e. The average Bonchev–Trinajstić information content (AvgIpc) is 2.90. The van der Waals surface area contributed by atoms with E-state index in [4.69, 9.17) is 34.2 Å². The number of methoxy groups -OCH3 is 1. The van der Waals surface area contributed by atoms with Crippen LogP contribution in [0.4, 0.5) is 9.59 Å². The minimum atomic E-state index is -1.54. The Balaban J connectivity index is 3.09. The summed E-state index contributed by atoms with van der Waals surface area (Å²) in [5, 5.41) is 0. The predicted molar refractivity (Wildman–Crippen MR) is 138 cm³/mol. The highest BCUT2D eigenvalue weighted by molar-refractivity contribution is 5.81. The van der Waals surface area contributed by atoms with E-state index in [9.17, 15) is 19.2 Å². The summed E-state index contributed by atoms with van der Waals surface area (Å²) in [5.41, 5.74) is 5.28. The minimum absolute atomic E-state index is 0.0105. The van der Waals surface area contributed by atoms with Crippen LogP contribution in [-0.4, -0.2) is 56.7 Å². The topological polar surface area (TPSA) is 150 Å². The monoisotopic (exact) mass is 539 g/mol. The Kier molecular flexibility index (Phi) is 15.5. The SMILES string of the molecule is CCCCCOC(=O)Oc1ccc(C[C@](N)(CCOC(=O)CC)C(=O)OC)cc1OC(=O)OCCCCC. The number of esters is 2. The second kappa shape index (κ2) is 18.0. The van der Waals surface area contributed by atoms with E-state index in [0.717, 1.165) is 25.7 Å². The predicted octanol–water partition coefficient (Wildman–Crippen LogP) is 4.85. The number of nitrogens with two attached hydrogens (primary N) is 1. The van der Waals surface area contributed by atoms with E-state index in [1.54, 1.807) is 13.0 Å². The summed E-state index contributed by atoms with van der Waals surface area (Å²) < 4.78 is 30.7. The molecule has 0 aromatic heterocycles. The van der Waals surface area contributed by atoms with Gasteiger partial charge < -0.3 is 34.2 Å². The molecule has 0 unspecified atom stereocenters. The van der Waals surface area contributed by atoms with E-state index in [2.05, 4.69) is 0 Å². The van der Waals surface area contributed by atoms with Crippen LogP contribution in [0.15, 0.2) is 18.2 Å². The molecule has 0 saturated carbocycles. The van der Waals surface area contributed by atoms with Gasteiger partial charge in [0.25, 0.3) is 0 Å². The molecule has 0 amide bonds. The van der Waals surface area contributed by atoms with Crippen molar-refractivity contribution in [1.82, 2.24) is 0 Å². The summed E-state index contributed by atoms with van der Waals surface area (Å²) in [4.78, 5) is 48.4. The Morgan fingerprint density at radius 1 is 0.789 bits per heavy atom. The summed E-state index contributed by atoms with van der Waals surface area (Å²) in [6.07, 6.45) is 3.29. The van der Waals surface area contributed by atoms with Crippen molar-refractivity contribution in [3.63, 3.8) is 0 Å². The Morgan fingerprint density at radius 2 is 1.37 bits per heavy atom. The van der Waals surface area contributed by atoms with Gasteiger partial charge in [-0.3, -0.25) is 9.59 Å². The van der Waals surface area contributed by atoms with Crippen LogP contribution in [0.3, 0.4) is 0 Å². The van der Waals surface area contributed by atoms with E-state index >= 15 is 0 Å². The van der Waals surface area contributed by atoms with E-state index in [1.807, 2.05) is 13.8 Å². The van der Waals surface area contributed by atoms with Crippen molar-refractivity contribution in [2.75, 3.05) is 26.9 Å². The lowest BCUT2D eigenvalue weighted by Gasteiger charge is -2.26. The van der Waals surface area contributed by atoms with Crippen LogP contribution in [0.1, 0.15) is 77.7 Å². The third-order valence-electron chi connectivity index (χ3n) is 5.54. The molecule has 0 aliphatic heterocycles. The fourth-order valence-electron chi connectivity index (χ4n) is 3.36. The zero-order chi connectivity index (χ0) is 28.4. The first-order chi connectivity index (χ1) is 18.2. The molecule has 1 aromatic rings. The van der Waals surface area contributed by atoms with Crippen molar-refractivity contribution in [1.29, 1.82) is 0 Å². The molecule has 11 heteroatoms. The number of rotatable bonds is 17. The van der Waals surface area contributed by atoms with Crippen molar-refractivity contribution in [3.05, 3.63) is 23.8 Å². The molecule has 2 N–H and O–H groups in total. The molecule has 214 valence electrons. The van der Waals surface area contributed by atoms with E-state index in [-0.39, 0.29) is 50.6 Å². The van der Waals surface area contributed by atoms with Crippen molar-refractivity contribution in [2.45, 2.75) is 84.1 Å². The van der Waals surface area contributed by atoms with Gasteiger partial charge >= 0.3 is 24.2 Å². The average molecular weight is 540 g/mol. The fraction of sp³-hybridized carbons (Fsp3) is 0.630. The van der Waals surface area contributed by atoms with Crippen LogP contribution < -0.4 is 15.2 Å². The van der Waals surface area contributed by atoms with Crippen LogP contribution in [0.25, 0.3) is 0 Å². The van der Waals surface area contributed by atoms with Gasteiger partial charge in [0.05, 0.1) is 26.9 Å². The summed E-state index contributed by atoms with van der Waals surface area (Å²) in [6, 6.07) is 4.37. The summed E-state index contributed by atoms with van der Waals surface area (Å²) in [5.74, 6) is -1.32. The van der Waals surface area contributed by atoms with Gasteiger partial charge in [-0.25, -0.2) is 9.59 Å². The second-order valence-corrected chi connectivity index (χ2v) is 8.74. The highest BCUT2D eigenvalue weighted by atomic mass is 16.7. The fourth-order valence-corrected chi connectivity index (χ4v) is 3.36. The van der Waals surface area contributed by atoms with E-state index < -0.39 is 29.8 Å². The Morgan fingerprint density at radius 3 is 1.89 bits per heavy atom. The van der Waals surface area contributed by atoms with Crippen LogP contribution in [0.2, 0.25) is 0 Å². The molecule has 0 fully saturated rings. The number of benzene rings is 1. The van der Waals surface area contributed by atoms with Gasteiger partial charge in [-0.1, -0.05) is 52.5 Å². The molecule has 0 spiro atoms. The van der Waals surface area contributed by atoms with Gasteiger partial charge in [0.1, 0.15) is 5.54 Å². The quantitative estimate of drug-likeness (QED) is 0.125. The number of unbranched alkanes of at least 4 members (excludes halogenated alkanes) is 4. The maximum Gasteiger partial charge on any atom is 0.513 e. The number of carbonyl (C=O) groups is 4. The Labute approximate surface area is 224 Å². The normalized spacial score (nSPS) is 12.1. The van der Waals surface area contributed by atoms with Crippen molar-refractivity contribution < 1.29 is 47.6 Å². The third kappa shape index (κ3) is 12.3. The molecular formula is C27H41NO10. The van der Waals surface area contributed by atoms with Gasteiger partial charge in [0.15, 0.2) is 11.5 Å². The summed E-state index contributed by atoms with van der Waals surface area (Å²) in [6.45, 7) is 5.98. The smallest absolute Gasteiger partial charge is 0.468 e. The van der Waals surface area contributed by atoms with Crippen molar-refractivity contribution >= 4 is 24.2 Å². The van der Waals surface area contributed by atoms with Crippen LogP contribution in [0.5, 0.6) is 11.5 Å². The Bertz CT molecular complexity index is 904. The van der Waals surface area contributed by atoms with Crippen LogP contribution in [0, 0.1) is 0 Å². The molecule has 0 aliphatic rings. The Hall–Kier alpha value is -3.34. The first-order valence-corrected chi connectivity index (χ1v) is 13.0. The molecule has 0 heterocycles. The van der Waals surface area contributed by atoms with Gasteiger partial charge in [-0.2, -0.15) is 0 Å². The third-order valence-corrected chi connectivity index (χ3v) is 5.54. The first kappa shape index (κ1) is 32.7. The van der Waals surface area contributed by atoms with Crippen molar-refractivity contribution in [3.8, 4) is 11.5 Å². The standard InChI is InChI=1S/C27H41NO10/c1-5-8-10-15-35-25(31)37-21-13-12-20(18-22(21)38-26(32)36-16-11-9-6-2)19-27(28,24(30)33-4)14-17-34-23(29)7-3/h12-13,18H,5-11,14-17,19,28H2,1-4H3/t27-/m1/s1. The lowest BCUT2D eigenvalue weighted by molar-refractivity contribution is -0.151. The number of hydrogen-bond acceptors (Lipinski definition) is 11. The second-order valence-electron chi connectivity index (χ2n) is 8.74.